The Morgan fingerprint density at radius 1 is 1.47 bits per heavy atom. The number of likely N-dealkylation sites (tertiary alicyclic amines) is 1. The van der Waals surface area contributed by atoms with Crippen LogP contribution in [0.15, 0.2) is 16.7 Å². The molecule has 1 saturated heterocycles. The molecule has 0 saturated carbocycles. The number of aryl methyl sites for hydroxylation is 1. The number of ether oxygens (including phenoxy) is 1. The van der Waals surface area contributed by atoms with Crippen molar-refractivity contribution in [2.75, 3.05) is 20.2 Å². The quantitative estimate of drug-likeness (QED) is 0.766. The number of rotatable bonds is 2. The third kappa shape index (κ3) is 2.64. The molecule has 1 aromatic rings. The van der Waals surface area contributed by atoms with Crippen molar-refractivity contribution in [3.63, 3.8) is 0 Å². The fourth-order valence-corrected chi connectivity index (χ4v) is 2.61. The summed E-state index contributed by atoms with van der Waals surface area (Å²) in [5.41, 5.74) is 0.601. The number of carbonyl (C=O) groups excluding carboxylic acids is 2. The van der Waals surface area contributed by atoms with E-state index in [4.69, 9.17) is 9.15 Å². The minimum atomic E-state index is -0.181. The minimum Gasteiger partial charge on any atom is -0.469 e. The Labute approximate surface area is 112 Å². The van der Waals surface area contributed by atoms with Crippen LogP contribution < -0.4 is 0 Å². The number of nitrogens with zero attached hydrogens (tertiary/aromatic N) is 1. The maximum absolute atomic E-state index is 12.3. The van der Waals surface area contributed by atoms with Gasteiger partial charge in [-0.2, -0.15) is 0 Å². The second-order valence-corrected chi connectivity index (χ2v) is 5.04. The predicted molar refractivity (Wildman–Crippen MR) is 68.6 cm³/mol. The molecule has 1 aliphatic heterocycles. The second kappa shape index (κ2) is 5.47. The number of amides is 1. The van der Waals surface area contributed by atoms with Gasteiger partial charge in [0.05, 0.1) is 24.9 Å². The normalized spacial score (nSPS) is 23.2. The molecule has 0 unspecified atom stereocenters. The van der Waals surface area contributed by atoms with Crippen molar-refractivity contribution < 1.29 is 18.7 Å². The van der Waals surface area contributed by atoms with Crippen LogP contribution in [0.25, 0.3) is 0 Å². The Morgan fingerprint density at radius 3 is 2.74 bits per heavy atom. The molecule has 2 rings (SSSR count). The van der Waals surface area contributed by atoms with Crippen molar-refractivity contribution in [2.45, 2.75) is 20.3 Å². The molecule has 104 valence electrons. The average Bonchev–Trinajstić information content (AvgIpc) is 2.83. The molecular weight excluding hydrogens is 246 g/mol. The number of esters is 1. The zero-order chi connectivity index (χ0) is 14.0. The van der Waals surface area contributed by atoms with Crippen molar-refractivity contribution in [2.24, 2.45) is 11.8 Å². The van der Waals surface area contributed by atoms with E-state index in [0.717, 1.165) is 0 Å². The first kappa shape index (κ1) is 13.6. The molecule has 1 amide bonds. The summed E-state index contributed by atoms with van der Waals surface area (Å²) in [7, 11) is 1.40. The van der Waals surface area contributed by atoms with E-state index in [1.165, 1.54) is 13.4 Å². The van der Waals surface area contributed by atoms with Crippen LogP contribution in [0, 0.1) is 18.8 Å². The van der Waals surface area contributed by atoms with Gasteiger partial charge >= 0.3 is 5.97 Å². The van der Waals surface area contributed by atoms with Gasteiger partial charge in [0, 0.05) is 13.1 Å². The molecule has 1 fully saturated rings. The molecule has 0 bridgehead atoms. The van der Waals surface area contributed by atoms with Crippen LogP contribution in [-0.2, 0) is 9.53 Å². The zero-order valence-electron chi connectivity index (χ0n) is 11.5. The second-order valence-electron chi connectivity index (χ2n) is 5.04. The van der Waals surface area contributed by atoms with Gasteiger partial charge in [-0.15, -0.1) is 0 Å². The first-order chi connectivity index (χ1) is 9.04. The van der Waals surface area contributed by atoms with E-state index in [-0.39, 0.29) is 23.7 Å². The van der Waals surface area contributed by atoms with Gasteiger partial charge in [-0.3, -0.25) is 9.59 Å². The van der Waals surface area contributed by atoms with E-state index in [2.05, 4.69) is 0 Å². The summed E-state index contributed by atoms with van der Waals surface area (Å²) < 4.78 is 9.95. The number of furan rings is 1. The Hall–Kier alpha value is -1.78. The van der Waals surface area contributed by atoms with Crippen LogP contribution in [0.4, 0.5) is 0 Å². The highest BCUT2D eigenvalue weighted by Gasteiger charge is 2.34. The van der Waals surface area contributed by atoms with Crippen molar-refractivity contribution in [1.82, 2.24) is 4.90 Å². The fraction of sp³-hybridized carbons (Fsp3) is 0.571. The molecule has 5 heteroatoms. The topological polar surface area (TPSA) is 59.8 Å². The van der Waals surface area contributed by atoms with Gasteiger partial charge in [-0.25, -0.2) is 0 Å². The highest BCUT2D eigenvalue weighted by atomic mass is 16.5. The van der Waals surface area contributed by atoms with E-state index >= 15 is 0 Å². The number of methoxy groups -OCH3 is 1. The molecule has 0 aliphatic carbocycles. The molecule has 0 N–H and O–H groups in total. The van der Waals surface area contributed by atoms with Crippen molar-refractivity contribution in [1.29, 1.82) is 0 Å². The maximum Gasteiger partial charge on any atom is 0.309 e. The first-order valence-electron chi connectivity index (χ1n) is 6.45. The molecule has 1 aromatic heterocycles. The largest absolute Gasteiger partial charge is 0.469 e. The molecule has 2 atom stereocenters. The van der Waals surface area contributed by atoms with Crippen LogP contribution in [0.2, 0.25) is 0 Å². The van der Waals surface area contributed by atoms with Gasteiger partial charge < -0.3 is 14.1 Å². The number of hydrogen-bond donors (Lipinski definition) is 0. The standard InChI is InChI=1S/C14H19NO4/c1-9-8-15(6-4-11(9)14(17)18-3)13(16)12-5-7-19-10(12)2/h5,7,9,11H,4,6,8H2,1-3H3/t9-,11+/m0/s1. The summed E-state index contributed by atoms with van der Waals surface area (Å²) in [6.45, 7) is 4.90. The number of piperidine rings is 1. The lowest BCUT2D eigenvalue weighted by Crippen LogP contribution is -2.45. The summed E-state index contributed by atoms with van der Waals surface area (Å²) in [5, 5.41) is 0. The molecule has 5 nitrogen and oxygen atoms in total. The minimum absolute atomic E-state index is 0.0265. The van der Waals surface area contributed by atoms with Crippen LogP contribution >= 0.6 is 0 Å². The molecular formula is C14H19NO4. The van der Waals surface area contributed by atoms with E-state index in [1.54, 1.807) is 17.9 Å². The van der Waals surface area contributed by atoms with E-state index in [9.17, 15) is 9.59 Å². The average molecular weight is 265 g/mol. The Kier molecular flexibility index (Phi) is 3.93. The lowest BCUT2D eigenvalue weighted by Gasteiger charge is -2.35. The lowest BCUT2D eigenvalue weighted by atomic mass is 9.86. The molecule has 0 aromatic carbocycles. The van der Waals surface area contributed by atoms with E-state index in [1.807, 2.05) is 6.92 Å². The number of hydrogen-bond acceptors (Lipinski definition) is 4. The van der Waals surface area contributed by atoms with Gasteiger partial charge in [-0.05, 0) is 25.3 Å². The molecule has 2 heterocycles. The lowest BCUT2D eigenvalue weighted by molar-refractivity contribution is -0.148. The van der Waals surface area contributed by atoms with Crippen LogP contribution in [0.5, 0.6) is 0 Å². The smallest absolute Gasteiger partial charge is 0.309 e. The van der Waals surface area contributed by atoms with Crippen LogP contribution in [0.3, 0.4) is 0 Å². The highest BCUT2D eigenvalue weighted by Crippen LogP contribution is 2.26. The van der Waals surface area contributed by atoms with Gasteiger partial charge in [0.2, 0.25) is 0 Å². The summed E-state index contributed by atoms with van der Waals surface area (Å²) in [6, 6.07) is 1.69. The zero-order valence-corrected chi connectivity index (χ0v) is 11.5. The van der Waals surface area contributed by atoms with Crippen molar-refractivity contribution in [3.05, 3.63) is 23.7 Å². The van der Waals surface area contributed by atoms with Gasteiger partial charge in [0.1, 0.15) is 5.76 Å². The van der Waals surface area contributed by atoms with Gasteiger partial charge in [0.25, 0.3) is 5.91 Å². The van der Waals surface area contributed by atoms with Crippen LogP contribution in [-0.4, -0.2) is 37.0 Å². The molecule has 0 radical (unpaired) electrons. The summed E-state index contributed by atoms with van der Waals surface area (Å²) in [4.78, 5) is 25.7. The van der Waals surface area contributed by atoms with Crippen molar-refractivity contribution in [3.8, 4) is 0 Å². The SMILES string of the molecule is COC(=O)[C@@H]1CCN(C(=O)c2ccoc2C)C[C@@H]1C. The van der Waals surface area contributed by atoms with E-state index in [0.29, 0.717) is 30.8 Å². The van der Waals surface area contributed by atoms with Crippen LogP contribution in [0.1, 0.15) is 29.5 Å². The third-order valence-corrected chi connectivity index (χ3v) is 3.79. The summed E-state index contributed by atoms with van der Waals surface area (Å²) in [6.07, 6.45) is 2.17. The molecule has 1 aliphatic rings. The molecule has 0 spiro atoms. The van der Waals surface area contributed by atoms with Crippen molar-refractivity contribution >= 4 is 11.9 Å². The Morgan fingerprint density at radius 2 is 2.21 bits per heavy atom. The Bertz CT molecular complexity index is 480. The fourth-order valence-electron chi connectivity index (χ4n) is 2.61. The van der Waals surface area contributed by atoms with Gasteiger partial charge in [-0.1, -0.05) is 6.92 Å². The number of carbonyl (C=O) groups is 2. The third-order valence-electron chi connectivity index (χ3n) is 3.79. The summed E-state index contributed by atoms with van der Waals surface area (Å²) >= 11 is 0. The van der Waals surface area contributed by atoms with Gasteiger partial charge in [0.15, 0.2) is 0 Å². The Balaban J connectivity index is 2.04. The predicted octanol–water partition coefficient (Wildman–Crippen LogP) is 1.86. The van der Waals surface area contributed by atoms with E-state index < -0.39 is 0 Å². The maximum atomic E-state index is 12.3. The first-order valence-corrected chi connectivity index (χ1v) is 6.45. The monoisotopic (exact) mass is 265 g/mol. The summed E-state index contributed by atoms with van der Waals surface area (Å²) in [5.74, 6) is 0.421. The molecule has 19 heavy (non-hydrogen) atoms. The highest BCUT2D eigenvalue weighted by molar-refractivity contribution is 5.95.